The summed E-state index contributed by atoms with van der Waals surface area (Å²) >= 11 is 0. The lowest BCUT2D eigenvalue weighted by Crippen LogP contribution is -2.33. The molecule has 1 fully saturated rings. The monoisotopic (exact) mass is 324 g/mol. The number of halogens is 1. The molecule has 0 saturated carbocycles. The van der Waals surface area contributed by atoms with E-state index in [-0.39, 0.29) is 23.5 Å². The molecule has 2 atom stereocenters. The van der Waals surface area contributed by atoms with Gasteiger partial charge in [0.15, 0.2) is 0 Å². The Morgan fingerprint density at radius 1 is 1.41 bits per heavy atom. The van der Waals surface area contributed by atoms with Gasteiger partial charge in [-0.3, -0.25) is 0 Å². The number of rotatable bonds is 6. The van der Waals surface area contributed by atoms with Crippen molar-refractivity contribution in [2.24, 2.45) is 5.92 Å². The number of sulfonamides is 1. The maximum absolute atomic E-state index is 13.5. The second-order valence-corrected chi connectivity index (χ2v) is 7.85. The summed E-state index contributed by atoms with van der Waals surface area (Å²) in [5.41, 5.74) is 0.714. The molecule has 0 aliphatic carbocycles. The highest BCUT2D eigenvalue weighted by atomic mass is 32.2. The Bertz CT molecular complexity index is 654. The van der Waals surface area contributed by atoms with Crippen LogP contribution >= 0.6 is 0 Å². The minimum Gasteiger partial charge on any atom is -0.212 e. The number of hydrogen-bond acceptors (Lipinski definition) is 3. The first-order chi connectivity index (χ1) is 10.5. The Morgan fingerprint density at radius 3 is 2.86 bits per heavy atom. The standard InChI is InChI=1S/C16H21FN2O2S/c1-13-8-10-19(22(20,21)11-4-2-3-9-18)16(13)14-6-5-7-15(17)12-14/h5-7,12-13,16H,2-4,8,10-11H2,1H3. The molecular weight excluding hydrogens is 303 g/mol. The van der Waals surface area contributed by atoms with Crippen LogP contribution in [0.15, 0.2) is 24.3 Å². The topological polar surface area (TPSA) is 61.2 Å². The third kappa shape index (κ3) is 3.84. The predicted molar refractivity (Wildman–Crippen MR) is 82.9 cm³/mol. The van der Waals surface area contributed by atoms with Crippen LogP contribution in [-0.4, -0.2) is 25.0 Å². The minimum absolute atomic E-state index is 0.0488. The molecule has 2 unspecified atom stereocenters. The van der Waals surface area contributed by atoms with E-state index in [1.54, 1.807) is 12.1 Å². The van der Waals surface area contributed by atoms with Gasteiger partial charge in [0.05, 0.1) is 17.9 Å². The molecule has 0 N–H and O–H groups in total. The maximum atomic E-state index is 13.5. The Labute approximate surface area is 131 Å². The van der Waals surface area contributed by atoms with E-state index in [4.69, 9.17) is 5.26 Å². The predicted octanol–water partition coefficient (Wildman–Crippen LogP) is 3.23. The van der Waals surface area contributed by atoms with Gasteiger partial charge in [0.25, 0.3) is 0 Å². The van der Waals surface area contributed by atoms with Crippen molar-refractivity contribution >= 4 is 10.0 Å². The molecule has 1 aromatic carbocycles. The van der Waals surface area contributed by atoms with Crippen LogP contribution in [0.25, 0.3) is 0 Å². The highest BCUT2D eigenvalue weighted by molar-refractivity contribution is 7.89. The van der Waals surface area contributed by atoms with E-state index in [1.165, 1.54) is 16.4 Å². The second-order valence-electron chi connectivity index (χ2n) is 5.81. The van der Waals surface area contributed by atoms with Crippen LogP contribution in [-0.2, 0) is 10.0 Å². The van der Waals surface area contributed by atoms with Crippen molar-refractivity contribution in [3.8, 4) is 6.07 Å². The summed E-state index contributed by atoms with van der Waals surface area (Å²) in [7, 11) is -3.38. The molecule has 1 heterocycles. The van der Waals surface area contributed by atoms with Gasteiger partial charge in [-0.25, -0.2) is 12.8 Å². The van der Waals surface area contributed by atoms with Crippen molar-refractivity contribution in [2.75, 3.05) is 12.3 Å². The molecule has 120 valence electrons. The van der Waals surface area contributed by atoms with E-state index in [1.807, 2.05) is 13.0 Å². The third-order valence-corrected chi connectivity index (χ3v) is 6.07. The summed E-state index contributed by atoms with van der Waals surface area (Å²) in [5, 5.41) is 8.51. The lowest BCUT2D eigenvalue weighted by atomic mass is 9.96. The number of unbranched alkanes of at least 4 members (excludes halogenated alkanes) is 2. The molecule has 6 heteroatoms. The van der Waals surface area contributed by atoms with Crippen molar-refractivity contribution in [3.63, 3.8) is 0 Å². The number of nitriles is 1. The molecule has 2 rings (SSSR count). The SMILES string of the molecule is CC1CCN(S(=O)(=O)CCCCC#N)C1c1cccc(F)c1. The van der Waals surface area contributed by atoms with Crippen LogP contribution in [0.5, 0.6) is 0 Å². The summed E-state index contributed by atoms with van der Waals surface area (Å²) in [6, 6.07) is 7.92. The quantitative estimate of drug-likeness (QED) is 0.755. The molecule has 0 spiro atoms. The van der Waals surface area contributed by atoms with Crippen molar-refractivity contribution in [1.29, 1.82) is 5.26 Å². The van der Waals surface area contributed by atoms with Gasteiger partial charge in [-0.2, -0.15) is 9.57 Å². The zero-order chi connectivity index (χ0) is 16.2. The van der Waals surface area contributed by atoms with Crippen molar-refractivity contribution in [3.05, 3.63) is 35.6 Å². The van der Waals surface area contributed by atoms with Gasteiger partial charge in [-0.15, -0.1) is 0 Å². The smallest absolute Gasteiger partial charge is 0.212 e. The largest absolute Gasteiger partial charge is 0.214 e. The van der Waals surface area contributed by atoms with E-state index < -0.39 is 10.0 Å². The molecule has 0 bridgehead atoms. The maximum Gasteiger partial charge on any atom is 0.214 e. The molecule has 1 aliphatic heterocycles. The third-order valence-electron chi connectivity index (χ3n) is 4.14. The Kier molecular flexibility index (Phi) is 5.54. The average Bonchev–Trinajstić information content (AvgIpc) is 2.86. The van der Waals surface area contributed by atoms with E-state index in [9.17, 15) is 12.8 Å². The van der Waals surface area contributed by atoms with Gasteiger partial charge in [-0.05, 0) is 42.9 Å². The molecule has 1 saturated heterocycles. The fourth-order valence-corrected chi connectivity index (χ4v) is 4.88. The van der Waals surface area contributed by atoms with E-state index in [0.29, 0.717) is 31.4 Å². The minimum atomic E-state index is -3.38. The fourth-order valence-electron chi connectivity index (χ4n) is 3.01. The van der Waals surface area contributed by atoms with Crippen LogP contribution in [0.1, 0.15) is 44.2 Å². The van der Waals surface area contributed by atoms with Crippen molar-refractivity contribution in [1.82, 2.24) is 4.31 Å². The first-order valence-corrected chi connectivity index (χ1v) is 9.18. The molecule has 0 radical (unpaired) electrons. The lowest BCUT2D eigenvalue weighted by molar-refractivity contribution is 0.355. The van der Waals surface area contributed by atoms with Crippen LogP contribution in [0.3, 0.4) is 0 Å². The van der Waals surface area contributed by atoms with Crippen molar-refractivity contribution < 1.29 is 12.8 Å². The van der Waals surface area contributed by atoms with Gasteiger partial charge >= 0.3 is 0 Å². The van der Waals surface area contributed by atoms with Gasteiger partial charge in [0, 0.05) is 13.0 Å². The molecule has 1 aliphatic rings. The Balaban J connectivity index is 2.17. The summed E-state index contributed by atoms with van der Waals surface area (Å²) in [5.74, 6) is -0.133. The summed E-state index contributed by atoms with van der Waals surface area (Å²) in [4.78, 5) is 0. The van der Waals surface area contributed by atoms with Gasteiger partial charge < -0.3 is 0 Å². The van der Waals surface area contributed by atoms with Gasteiger partial charge in [0.2, 0.25) is 10.0 Å². The number of benzene rings is 1. The fraction of sp³-hybridized carbons (Fsp3) is 0.562. The number of nitrogens with zero attached hydrogens (tertiary/aromatic N) is 2. The van der Waals surface area contributed by atoms with Gasteiger partial charge in [0.1, 0.15) is 5.82 Å². The summed E-state index contributed by atoms with van der Waals surface area (Å²) < 4.78 is 40.1. The highest BCUT2D eigenvalue weighted by Crippen LogP contribution is 2.39. The lowest BCUT2D eigenvalue weighted by Gasteiger charge is -2.27. The number of hydrogen-bond donors (Lipinski definition) is 0. The van der Waals surface area contributed by atoms with Crippen LogP contribution < -0.4 is 0 Å². The normalized spacial score (nSPS) is 22.6. The molecule has 1 aromatic rings. The van der Waals surface area contributed by atoms with Crippen molar-refractivity contribution in [2.45, 2.75) is 38.6 Å². The van der Waals surface area contributed by atoms with E-state index in [0.717, 1.165) is 6.42 Å². The summed E-state index contributed by atoms with van der Waals surface area (Å²) in [6.07, 6.45) is 2.22. The molecular formula is C16H21FN2O2S. The van der Waals surface area contributed by atoms with Crippen LogP contribution in [0.4, 0.5) is 4.39 Å². The summed E-state index contributed by atoms with van der Waals surface area (Å²) in [6.45, 7) is 2.48. The molecule has 0 aromatic heterocycles. The zero-order valence-corrected chi connectivity index (χ0v) is 13.5. The second kappa shape index (κ2) is 7.21. The zero-order valence-electron chi connectivity index (χ0n) is 12.7. The van der Waals surface area contributed by atoms with Crippen LogP contribution in [0.2, 0.25) is 0 Å². The van der Waals surface area contributed by atoms with E-state index in [2.05, 4.69) is 0 Å². The first kappa shape index (κ1) is 16.9. The Morgan fingerprint density at radius 2 is 2.18 bits per heavy atom. The molecule has 22 heavy (non-hydrogen) atoms. The van der Waals surface area contributed by atoms with Gasteiger partial charge in [-0.1, -0.05) is 19.1 Å². The first-order valence-electron chi connectivity index (χ1n) is 7.57. The molecule has 0 amide bonds. The Hall–Kier alpha value is -1.45. The van der Waals surface area contributed by atoms with E-state index >= 15 is 0 Å². The molecule has 4 nitrogen and oxygen atoms in total. The van der Waals surface area contributed by atoms with Crippen LogP contribution in [0, 0.1) is 23.1 Å². The average molecular weight is 324 g/mol. The highest BCUT2D eigenvalue weighted by Gasteiger charge is 2.39.